The largest absolute Gasteiger partial charge is 0.507 e. The number of aromatic hydroxyl groups is 1. The first-order valence-corrected chi connectivity index (χ1v) is 9.16. The lowest BCUT2D eigenvalue weighted by Gasteiger charge is -2.20. The Morgan fingerprint density at radius 3 is 2.26 bits per heavy atom. The summed E-state index contributed by atoms with van der Waals surface area (Å²) in [6, 6.07) is 21.5. The van der Waals surface area contributed by atoms with E-state index in [1.807, 2.05) is 87.5 Å². The van der Waals surface area contributed by atoms with Crippen molar-refractivity contribution in [2.45, 2.75) is 33.1 Å². The smallest absolute Gasteiger partial charge is 0.225 e. The highest BCUT2D eigenvalue weighted by Gasteiger charge is 2.22. The number of phenolic OH excluding ortho intramolecular Hbond substituents is 1. The molecule has 0 saturated carbocycles. The number of rotatable bonds is 5. The molecule has 2 N–H and O–H groups in total. The van der Waals surface area contributed by atoms with E-state index >= 15 is 0 Å². The summed E-state index contributed by atoms with van der Waals surface area (Å²) in [6.45, 7) is 5.89. The average molecular weight is 359 g/mol. The average Bonchev–Trinajstić information content (AvgIpc) is 2.67. The number of amides is 1. The summed E-state index contributed by atoms with van der Waals surface area (Å²) in [5.41, 5.74) is 5.61. The number of benzene rings is 3. The second kappa shape index (κ2) is 8.09. The molecule has 0 saturated heterocycles. The maximum atomic E-state index is 12.7. The lowest BCUT2D eigenvalue weighted by molar-refractivity contribution is -0.116. The van der Waals surface area contributed by atoms with Crippen LogP contribution < -0.4 is 5.32 Å². The van der Waals surface area contributed by atoms with Gasteiger partial charge in [-0.2, -0.15) is 0 Å². The van der Waals surface area contributed by atoms with Gasteiger partial charge in [0.25, 0.3) is 0 Å². The van der Waals surface area contributed by atoms with E-state index in [0.29, 0.717) is 0 Å². The van der Waals surface area contributed by atoms with Gasteiger partial charge in [-0.05, 0) is 49.6 Å². The maximum absolute atomic E-state index is 12.7. The molecule has 138 valence electrons. The molecule has 1 atom stereocenters. The fourth-order valence-electron chi connectivity index (χ4n) is 3.23. The van der Waals surface area contributed by atoms with Crippen molar-refractivity contribution in [3.8, 4) is 5.75 Å². The first kappa shape index (κ1) is 18.7. The first-order valence-electron chi connectivity index (χ1n) is 9.16. The summed E-state index contributed by atoms with van der Waals surface area (Å²) >= 11 is 0. The third kappa shape index (κ3) is 4.37. The third-order valence-corrected chi connectivity index (χ3v) is 5.04. The second-order valence-electron chi connectivity index (χ2n) is 7.03. The van der Waals surface area contributed by atoms with Gasteiger partial charge in [0.05, 0.1) is 0 Å². The standard InChI is InChI=1S/C24H25NO2/c1-16-9-12-20(13-10-16)25-23(26)15-22(19-7-5-4-6-8-19)21-14-11-17(2)18(3)24(21)27/h4-14,22,27H,15H2,1-3H3,(H,25,26)/t22-/m1/s1. The van der Waals surface area contributed by atoms with Crippen molar-refractivity contribution in [3.63, 3.8) is 0 Å². The quantitative estimate of drug-likeness (QED) is 0.634. The number of carbonyl (C=O) groups is 1. The topological polar surface area (TPSA) is 49.3 Å². The van der Waals surface area contributed by atoms with Crippen LogP contribution in [0.2, 0.25) is 0 Å². The molecule has 1 amide bonds. The first-order chi connectivity index (χ1) is 13.0. The highest BCUT2D eigenvalue weighted by molar-refractivity contribution is 5.91. The van der Waals surface area contributed by atoms with Crippen molar-refractivity contribution < 1.29 is 9.90 Å². The molecule has 3 aromatic carbocycles. The summed E-state index contributed by atoms with van der Waals surface area (Å²) in [7, 11) is 0. The highest BCUT2D eigenvalue weighted by atomic mass is 16.3. The van der Waals surface area contributed by atoms with E-state index in [-0.39, 0.29) is 24.0 Å². The van der Waals surface area contributed by atoms with Gasteiger partial charge in [-0.25, -0.2) is 0 Å². The van der Waals surface area contributed by atoms with Gasteiger partial charge in [-0.1, -0.05) is 60.2 Å². The van der Waals surface area contributed by atoms with Crippen LogP contribution in [0, 0.1) is 20.8 Å². The van der Waals surface area contributed by atoms with Crippen LogP contribution in [0.25, 0.3) is 0 Å². The number of aryl methyl sites for hydroxylation is 2. The minimum atomic E-state index is -0.212. The molecule has 0 heterocycles. The molecule has 0 fully saturated rings. The van der Waals surface area contributed by atoms with Crippen LogP contribution in [0.1, 0.15) is 40.2 Å². The Hall–Kier alpha value is -3.07. The number of hydrogen-bond donors (Lipinski definition) is 2. The van der Waals surface area contributed by atoms with Crippen LogP contribution in [-0.2, 0) is 4.79 Å². The number of nitrogens with one attached hydrogen (secondary N) is 1. The van der Waals surface area contributed by atoms with Gasteiger partial charge >= 0.3 is 0 Å². The molecule has 27 heavy (non-hydrogen) atoms. The molecule has 3 nitrogen and oxygen atoms in total. The van der Waals surface area contributed by atoms with Gasteiger partial charge in [0, 0.05) is 23.6 Å². The van der Waals surface area contributed by atoms with Crippen molar-refractivity contribution in [1.29, 1.82) is 0 Å². The fraction of sp³-hybridized carbons (Fsp3) is 0.208. The zero-order valence-electron chi connectivity index (χ0n) is 16.0. The van der Waals surface area contributed by atoms with E-state index in [9.17, 15) is 9.90 Å². The minimum Gasteiger partial charge on any atom is -0.507 e. The predicted molar refractivity (Wildman–Crippen MR) is 110 cm³/mol. The van der Waals surface area contributed by atoms with Gasteiger partial charge < -0.3 is 10.4 Å². The van der Waals surface area contributed by atoms with Crippen molar-refractivity contribution in [1.82, 2.24) is 0 Å². The Labute approximate surface area is 160 Å². The van der Waals surface area contributed by atoms with Crippen LogP contribution in [0.15, 0.2) is 66.7 Å². The summed E-state index contributed by atoms with van der Waals surface area (Å²) in [5.74, 6) is -0.0201. The number of anilines is 1. The molecule has 0 aromatic heterocycles. The van der Waals surface area contributed by atoms with E-state index in [1.165, 1.54) is 0 Å². The van der Waals surface area contributed by atoms with Crippen molar-refractivity contribution in [2.24, 2.45) is 0 Å². The van der Waals surface area contributed by atoms with E-state index in [2.05, 4.69) is 5.32 Å². The number of phenols is 1. The van der Waals surface area contributed by atoms with Gasteiger partial charge in [-0.3, -0.25) is 4.79 Å². The monoisotopic (exact) mass is 359 g/mol. The molecule has 3 rings (SSSR count). The van der Waals surface area contributed by atoms with Gasteiger partial charge in [0.1, 0.15) is 5.75 Å². The zero-order chi connectivity index (χ0) is 19.4. The third-order valence-electron chi connectivity index (χ3n) is 5.04. The van der Waals surface area contributed by atoms with Crippen molar-refractivity contribution in [2.75, 3.05) is 5.32 Å². The number of carbonyl (C=O) groups excluding carboxylic acids is 1. The Bertz CT molecular complexity index is 931. The molecule has 0 aliphatic heterocycles. The normalized spacial score (nSPS) is 11.8. The lowest BCUT2D eigenvalue weighted by atomic mass is 9.86. The molecular weight excluding hydrogens is 334 g/mol. The van der Waals surface area contributed by atoms with Crippen LogP contribution in [0.3, 0.4) is 0 Å². The molecular formula is C24H25NO2. The SMILES string of the molecule is Cc1ccc(NC(=O)C[C@H](c2ccccc2)c2ccc(C)c(C)c2O)cc1. The molecule has 3 aromatic rings. The highest BCUT2D eigenvalue weighted by Crippen LogP contribution is 2.37. The second-order valence-corrected chi connectivity index (χ2v) is 7.03. The Balaban J connectivity index is 1.90. The Kier molecular flexibility index (Phi) is 5.60. The van der Waals surface area contributed by atoms with Crippen LogP contribution in [0.4, 0.5) is 5.69 Å². The van der Waals surface area contributed by atoms with E-state index in [1.54, 1.807) is 0 Å². The summed E-state index contributed by atoms with van der Waals surface area (Å²) in [5, 5.41) is 13.7. The van der Waals surface area contributed by atoms with E-state index in [0.717, 1.165) is 33.5 Å². The molecule has 0 spiro atoms. The predicted octanol–water partition coefficient (Wildman–Crippen LogP) is 5.48. The molecule has 0 unspecified atom stereocenters. The van der Waals surface area contributed by atoms with E-state index in [4.69, 9.17) is 0 Å². The maximum Gasteiger partial charge on any atom is 0.225 e. The summed E-state index contributed by atoms with van der Waals surface area (Å²) < 4.78 is 0. The molecule has 0 radical (unpaired) electrons. The van der Waals surface area contributed by atoms with Crippen LogP contribution in [-0.4, -0.2) is 11.0 Å². The zero-order valence-corrected chi connectivity index (χ0v) is 16.0. The van der Waals surface area contributed by atoms with E-state index < -0.39 is 0 Å². The summed E-state index contributed by atoms with van der Waals surface area (Å²) in [4.78, 5) is 12.7. The number of hydrogen-bond acceptors (Lipinski definition) is 2. The minimum absolute atomic E-state index is 0.0784. The molecule has 0 aliphatic rings. The van der Waals surface area contributed by atoms with Crippen LogP contribution in [0.5, 0.6) is 5.75 Å². The van der Waals surface area contributed by atoms with Crippen LogP contribution >= 0.6 is 0 Å². The molecule has 0 bridgehead atoms. The summed E-state index contributed by atoms with van der Waals surface area (Å²) in [6.07, 6.45) is 0.258. The molecule has 3 heteroatoms. The van der Waals surface area contributed by atoms with Crippen molar-refractivity contribution >= 4 is 11.6 Å². The fourth-order valence-corrected chi connectivity index (χ4v) is 3.23. The van der Waals surface area contributed by atoms with Gasteiger partial charge in [0.15, 0.2) is 0 Å². The Morgan fingerprint density at radius 1 is 0.926 bits per heavy atom. The Morgan fingerprint density at radius 2 is 1.59 bits per heavy atom. The lowest BCUT2D eigenvalue weighted by Crippen LogP contribution is -2.16. The van der Waals surface area contributed by atoms with Gasteiger partial charge in [0.2, 0.25) is 5.91 Å². The molecule has 0 aliphatic carbocycles. The van der Waals surface area contributed by atoms with Crippen molar-refractivity contribution in [3.05, 3.63) is 94.5 Å². The van der Waals surface area contributed by atoms with Gasteiger partial charge in [-0.15, -0.1) is 0 Å².